The SMILES string of the molecule is O=C(c1csc(CSc2nnc(-c3ccco3)n2-c2ccc(Cl)c(Cl)c2)n1)N1CCN(c2ccccc2Cl)CC1. The van der Waals surface area contributed by atoms with Crippen LogP contribution in [0.25, 0.3) is 17.3 Å². The Labute approximate surface area is 253 Å². The number of carbonyl (C=O) groups is 1. The number of nitrogens with zero attached hydrogens (tertiary/aromatic N) is 6. The van der Waals surface area contributed by atoms with Crippen molar-refractivity contribution in [3.8, 4) is 17.3 Å². The van der Waals surface area contributed by atoms with Gasteiger partial charge >= 0.3 is 0 Å². The summed E-state index contributed by atoms with van der Waals surface area (Å²) >= 11 is 21.7. The normalized spacial score (nSPS) is 13.7. The molecule has 0 spiro atoms. The van der Waals surface area contributed by atoms with Gasteiger partial charge in [-0.05, 0) is 42.5 Å². The number of carbonyl (C=O) groups excluding carboxylic acids is 1. The number of piperazine rings is 1. The van der Waals surface area contributed by atoms with E-state index in [0.29, 0.717) is 64.4 Å². The molecule has 0 radical (unpaired) electrons. The molecule has 13 heteroatoms. The second-order valence-corrected chi connectivity index (χ2v) is 12.0. The second-order valence-electron chi connectivity index (χ2n) is 8.86. The number of halogens is 3. The van der Waals surface area contributed by atoms with Crippen LogP contribution in [0.4, 0.5) is 5.69 Å². The molecule has 1 aliphatic rings. The van der Waals surface area contributed by atoms with Crippen molar-refractivity contribution >= 4 is 69.5 Å². The maximum atomic E-state index is 13.2. The van der Waals surface area contributed by atoms with Gasteiger partial charge in [-0.25, -0.2) is 4.98 Å². The Hall–Kier alpha value is -3.02. The molecule has 40 heavy (non-hydrogen) atoms. The Kier molecular flexibility index (Phi) is 8.04. The van der Waals surface area contributed by atoms with Crippen LogP contribution >= 0.6 is 57.9 Å². The van der Waals surface area contributed by atoms with E-state index in [-0.39, 0.29) is 5.91 Å². The number of amides is 1. The zero-order chi connectivity index (χ0) is 27.6. The first-order valence-corrected chi connectivity index (χ1v) is 15.3. The number of para-hydroxylation sites is 1. The molecule has 0 atom stereocenters. The van der Waals surface area contributed by atoms with Crippen LogP contribution < -0.4 is 4.90 Å². The maximum absolute atomic E-state index is 13.2. The van der Waals surface area contributed by atoms with Crippen molar-refractivity contribution in [2.75, 3.05) is 31.1 Å². The molecule has 6 rings (SSSR count). The van der Waals surface area contributed by atoms with Crippen molar-refractivity contribution in [2.24, 2.45) is 0 Å². The van der Waals surface area contributed by atoms with Crippen LogP contribution in [0, 0.1) is 0 Å². The van der Waals surface area contributed by atoms with Gasteiger partial charge < -0.3 is 14.2 Å². The molecule has 8 nitrogen and oxygen atoms in total. The minimum Gasteiger partial charge on any atom is -0.461 e. The Morgan fingerprint density at radius 3 is 2.52 bits per heavy atom. The van der Waals surface area contributed by atoms with E-state index >= 15 is 0 Å². The molecule has 1 fully saturated rings. The smallest absolute Gasteiger partial charge is 0.273 e. The monoisotopic (exact) mass is 630 g/mol. The summed E-state index contributed by atoms with van der Waals surface area (Å²) in [6.45, 7) is 2.64. The predicted molar refractivity (Wildman–Crippen MR) is 160 cm³/mol. The number of benzene rings is 2. The van der Waals surface area contributed by atoms with Gasteiger partial charge in [0, 0.05) is 31.6 Å². The Bertz CT molecular complexity index is 1650. The summed E-state index contributed by atoms with van der Waals surface area (Å²) in [5.74, 6) is 1.56. The number of thiazole rings is 1. The first-order chi connectivity index (χ1) is 19.5. The number of hydrogen-bond donors (Lipinski definition) is 0. The quantitative estimate of drug-likeness (QED) is 0.176. The van der Waals surface area contributed by atoms with Crippen molar-refractivity contribution in [2.45, 2.75) is 10.9 Å². The first kappa shape index (κ1) is 27.2. The molecule has 2 aromatic carbocycles. The summed E-state index contributed by atoms with van der Waals surface area (Å²) in [6.07, 6.45) is 1.58. The minimum absolute atomic E-state index is 0.0645. The molecule has 1 saturated heterocycles. The minimum atomic E-state index is -0.0645. The Balaban J connectivity index is 1.14. The highest BCUT2D eigenvalue weighted by molar-refractivity contribution is 7.98. The second kappa shape index (κ2) is 11.8. The molecular weight excluding hydrogens is 611 g/mol. The van der Waals surface area contributed by atoms with Crippen molar-refractivity contribution in [3.05, 3.63) is 92.0 Å². The van der Waals surface area contributed by atoms with E-state index < -0.39 is 0 Å². The lowest BCUT2D eigenvalue weighted by molar-refractivity contribution is 0.0741. The standard InChI is InChI=1S/C27H21Cl3N6O2S2/c28-18-8-7-17(14-20(18)30)36-25(23-6-3-13-38-23)32-33-27(36)40-16-24-31-21(15-39-24)26(37)35-11-9-34(10-12-35)22-5-2-1-4-19(22)29/h1-8,13-15H,9-12,16H2. The highest BCUT2D eigenvalue weighted by atomic mass is 35.5. The lowest BCUT2D eigenvalue weighted by Gasteiger charge is -2.36. The van der Waals surface area contributed by atoms with Gasteiger partial charge in [-0.1, -0.05) is 58.7 Å². The lowest BCUT2D eigenvalue weighted by atomic mass is 10.2. The Morgan fingerprint density at radius 2 is 1.77 bits per heavy atom. The van der Waals surface area contributed by atoms with Gasteiger partial charge in [0.15, 0.2) is 10.9 Å². The molecule has 0 saturated carbocycles. The summed E-state index contributed by atoms with van der Waals surface area (Å²) in [6, 6.07) is 16.7. The molecule has 0 unspecified atom stereocenters. The molecular formula is C27H21Cl3N6O2S2. The topological polar surface area (TPSA) is 80.3 Å². The molecule has 0 aliphatic carbocycles. The van der Waals surface area contributed by atoms with E-state index in [4.69, 9.17) is 39.2 Å². The maximum Gasteiger partial charge on any atom is 0.273 e. The largest absolute Gasteiger partial charge is 0.461 e. The Morgan fingerprint density at radius 1 is 0.950 bits per heavy atom. The number of furan rings is 1. The first-order valence-electron chi connectivity index (χ1n) is 12.3. The van der Waals surface area contributed by atoms with E-state index in [1.54, 1.807) is 24.5 Å². The van der Waals surface area contributed by atoms with E-state index in [2.05, 4.69) is 20.1 Å². The van der Waals surface area contributed by atoms with Crippen LogP contribution in [0.15, 0.2) is 75.8 Å². The third kappa shape index (κ3) is 5.59. The molecule has 4 heterocycles. The van der Waals surface area contributed by atoms with Crippen molar-refractivity contribution < 1.29 is 9.21 Å². The highest BCUT2D eigenvalue weighted by Gasteiger charge is 2.25. The molecule has 0 N–H and O–H groups in total. The third-order valence-electron chi connectivity index (χ3n) is 6.39. The van der Waals surface area contributed by atoms with E-state index in [9.17, 15) is 4.79 Å². The van der Waals surface area contributed by atoms with Crippen LogP contribution in [0.3, 0.4) is 0 Å². The number of anilines is 1. The van der Waals surface area contributed by atoms with Crippen LogP contribution in [0.1, 0.15) is 15.5 Å². The number of thioether (sulfide) groups is 1. The fourth-order valence-corrected chi connectivity index (χ4v) is 6.69. The zero-order valence-corrected chi connectivity index (χ0v) is 24.7. The molecule has 0 bridgehead atoms. The van der Waals surface area contributed by atoms with Crippen LogP contribution in [-0.2, 0) is 5.75 Å². The summed E-state index contributed by atoms with van der Waals surface area (Å²) in [7, 11) is 0. The summed E-state index contributed by atoms with van der Waals surface area (Å²) < 4.78 is 7.45. The summed E-state index contributed by atoms with van der Waals surface area (Å²) in [5, 5.41) is 13.6. The van der Waals surface area contributed by atoms with Gasteiger partial charge in [-0.2, -0.15) is 0 Å². The summed E-state index contributed by atoms with van der Waals surface area (Å²) in [5.41, 5.74) is 2.20. The molecule has 5 aromatic rings. The molecule has 3 aromatic heterocycles. The van der Waals surface area contributed by atoms with E-state index in [1.165, 1.54) is 23.1 Å². The van der Waals surface area contributed by atoms with Crippen molar-refractivity contribution in [3.63, 3.8) is 0 Å². The van der Waals surface area contributed by atoms with Crippen LogP contribution in [-0.4, -0.2) is 56.7 Å². The van der Waals surface area contributed by atoms with E-state index in [0.717, 1.165) is 21.4 Å². The van der Waals surface area contributed by atoms with Crippen LogP contribution in [0.2, 0.25) is 15.1 Å². The fourth-order valence-electron chi connectivity index (χ4n) is 4.41. The number of aromatic nitrogens is 4. The van der Waals surface area contributed by atoms with Gasteiger partial charge in [-0.3, -0.25) is 9.36 Å². The fraction of sp³-hybridized carbons (Fsp3) is 0.185. The lowest BCUT2D eigenvalue weighted by Crippen LogP contribution is -2.49. The zero-order valence-electron chi connectivity index (χ0n) is 20.8. The van der Waals surface area contributed by atoms with Gasteiger partial charge in [-0.15, -0.1) is 21.5 Å². The average molecular weight is 632 g/mol. The van der Waals surface area contributed by atoms with E-state index in [1.807, 2.05) is 51.2 Å². The van der Waals surface area contributed by atoms with Crippen LogP contribution in [0.5, 0.6) is 0 Å². The van der Waals surface area contributed by atoms with Gasteiger partial charge in [0.1, 0.15) is 10.7 Å². The number of hydrogen-bond acceptors (Lipinski definition) is 8. The van der Waals surface area contributed by atoms with Gasteiger partial charge in [0.25, 0.3) is 5.91 Å². The molecule has 1 aliphatic heterocycles. The highest BCUT2D eigenvalue weighted by Crippen LogP contribution is 2.33. The van der Waals surface area contributed by atoms with Gasteiger partial charge in [0.2, 0.25) is 5.82 Å². The van der Waals surface area contributed by atoms with Crippen molar-refractivity contribution in [1.29, 1.82) is 0 Å². The predicted octanol–water partition coefficient (Wildman–Crippen LogP) is 7.20. The molecule has 1 amide bonds. The third-order valence-corrected chi connectivity index (χ3v) is 9.42. The average Bonchev–Trinajstić information content (AvgIpc) is 3.74. The van der Waals surface area contributed by atoms with Gasteiger partial charge in [0.05, 0.1) is 38.5 Å². The van der Waals surface area contributed by atoms with Crippen molar-refractivity contribution in [1.82, 2.24) is 24.6 Å². The summed E-state index contributed by atoms with van der Waals surface area (Å²) in [4.78, 5) is 21.9. The molecule has 204 valence electrons. The number of rotatable bonds is 7.